The van der Waals surface area contributed by atoms with Crippen molar-refractivity contribution in [1.29, 1.82) is 0 Å². The molecule has 2 rings (SSSR count). The first-order valence-corrected chi connectivity index (χ1v) is 6.13. The molecule has 1 atom stereocenters. The number of nitrogens with one attached hydrogen (secondary N) is 2. The molecule has 112 valence electrons. The van der Waals surface area contributed by atoms with E-state index in [1.54, 1.807) is 0 Å². The molecule has 0 saturated carbocycles. The van der Waals surface area contributed by atoms with E-state index in [-0.39, 0.29) is 24.2 Å². The molecule has 3 N–H and O–H groups in total. The summed E-state index contributed by atoms with van der Waals surface area (Å²) in [6.07, 6.45) is 0.954. The Morgan fingerprint density at radius 1 is 1.57 bits per heavy atom. The highest BCUT2D eigenvalue weighted by atomic mass is 19.1. The maximum absolute atomic E-state index is 13.6. The van der Waals surface area contributed by atoms with Crippen LogP contribution in [-0.4, -0.2) is 34.5 Å². The Labute approximate surface area is 118 Å². The molecule has 0 spiro atoms. The number of amides is 1. The number of rotatable bonds is 5. The molecule has 0 aliphatic carbocycles. The lowest BCUT2D eigenvalue weighted by molar-refractivity contribution is -0.384. The number of nitro groups is 1. The fourth-order valence-corrected chi connectivity index (χ4v) is 2.08. The van der Waals surface area contributed by atoms with Crippen molar-refractivity contribution in [2.24, 2.45) is 0 Å². The van der Waals surface area contributed by atoms with Crippen molar-refractivity contribution in [1.82, 2.24) is 5.32 Å². The molecule has 1 heterocycles. The van der Waals surface area contributed by atoms with Gasteiger partial charge in [-0.15, -0.1) is 0 Å². The summed E-state index contributed by atoms with van der Waals surface area (Å²) >= 11 is 0. The topological polar surface area (TPSA) is 122 Å². The van der Waals surface area contributed by atoms with Crippen LogP contribution in [0.3, 0.4) is 0 Å². The summed E-state index contributed by atoms with van der Waals surface area (Å²) < 4.78 is 13.6. The van der Waals surface area contributed by atoms with Crippen molar-refractivity contribution in [3.63, 3.8) is 0 Å². The van der Waals surface area contributed by atoms with E-state index in [9.17, 15) is 24.1 Å². The van der Waals surface area contributed by atoms with Gasteiger partial charge in [0.15, 0.2) is 0 Å². The second-order valence-electron chi connectivity index (χ2n) is 4.60. The predicted molar refractivity (Wildman–Crippen MR) is 69.7 cm³/mol. The summed E-state index contributed by atoms with van der Waals surface area (Å²) in [6.45, 7) is 0.193. The van der Waals surface area contributed by atoms with Gasteiger partial charge in [0.1, 0.15) is 17.1 Å². The predicted octanol–water partition coefficient (Wildman–Crippen LogP) is 1.12. The zero-order chi connectivity index (χ0) is 15.6. The number of nitro benzene ring substituents is 1. The van der Waals surface area contributed by atoms with E-state index < -0.39 is 28.0 Å². The van der Waals surface area contributed by atoms with Gasteiger partial charge < -0.3 is 15.7 Å². The summed E-state index contributed by atoms with van der Waals surface area (Å²) in [5.41, 5.74) is -1.41. The van der Waals surface area contributed by atoms with Gasteiger partial charge in [-0.05, 0) is 6.42 Å². The number of carboxylic acid groups (broad SMARTS) is 1. The van der Waals surface area contributed by atoms with E-state index in [4.69, 9.17) is 5.11 Å². The van der Waals surface area contributed by atoms with Crippen LogP contribution in [0.1, 0.15) is 23.2 Å². The Morgan fingerprint density at radius 3 is 2.81 bits per heavy atom. The van der Waals surface area contributed by atoms with Crippen molar-refractivity contribution in [2.75, 3.05) is 11.9 Å². The number of benzene rings is 1. The minimum Gasteiger partial charge on any atom is -0.478 e. The Kier molecular flexibility index (Phi) is 4.01. The minimum atomic E-state index is -1.58. The van der Waals surface area contributed by atoms with Crippen molar-refractivity contribution < 1.29 is 24.0 Å². The number of aromatic carboxylic acids is 1. The average Bonchev–Trinajstić information content (AvgIpc) is 2.81. The van der Waals surface area contributed by atoms with Crippen LogP contribution in [0.4, 0.5) is 15.8 Å². The molecule has 8 nitrogen and oxygen atoms in total. The van der Waals surface area contributed by atoms with Crippen LogP contribution in [0.2, 0.25) is 0 Å². The summed E-state index contributed by atoms with van der Waals surface area (Å²) in [7, 11) is 0. The monoisotopic (exact) mass is 297 g/mol. The van der Waals surface area contributed by atoms with Gasteiger partial charge in [-0.3, -0.25) is 14.9 Å². The average molecular weight is 297 g/mol. The van der Waals surface area contributed by atoms with Gasteiger partial charge in [-0.1, -0.05) is 0 Å². The standard InChI is InChI=1S/C12H12FN3O5/c13-8-4-9(14-5-6-1-2-11(17)15-6)10(16(20)21)3-7(8)12(18)19/h3-4,6,14H,1-2,5H2,(H,15,17)(H,18,19). The van der Waals surface area contributed by atoms with Gasteiger partial charge >= 0.3 is 5.97 Å². The third-order valence-electron chi connectivity index (χ3n) is 3.14. The van der Waals surface area contributed by atoms with Crippen LogP contribution >= 0.6 is 0 Å². The van der Waals surface area contributed by atoms with Crippen molar-refractivity contribution in [3.8, 4) is 0 Å². The number of anilines is 1. The number of nitrogens with zero attached hydrogens (tertiary/aromatic N) is 1. The molecule has 1 aromatic rings. The Morgan fingerprint density at radius 2 is 2.29 bits per heavy atom. The molecule has 21 heavy (non-hydrogen) atoms. The Balaban J connectivity index is 2.21. The second kappa shape index (κ2) is 5.73. The first kappa shape index (κ1) is 14.7. The van der Waals surface area contributed by atoms with Gasteiger partial charge in [0.2, 0.25) is 5.91 Å². The molecule has 9 heteroatoms. The van der Waals surface area contributed by atoms with Crippen molar-refractivity contribution in [3.05, 3.63) is 33.6 Å². The molecule has 0 bridgehead atoms. The largest absolute Gasteiger partial charge is 0.478 e. The molecule has 0 aromatic heterocycles. The van der Waals surface area contributed by atoms with Gasteiger partial charge in [0.25, 0.3) is 5.69 Å². The molecule has 1 unspecified atom stereocenters. The number of hydrogen-bond acceptors (Lipinski definition) is 5. The highest BCUT2D eigenvalue weighted by Gasteiger charge is 2.24. The Bertz CT molecular complexity index is 619. The normalized spacial score (nSPS) is 17.4. The zero-order valence-electron chi connectivity index (χ0n) is 10.8. The highest BCUT2D eigenvalue weighted by molar-refractivity contribution is 5.90. The molecule has 1 amide bonds. The lowest BCUT2D eigenvalue weighted by atomic mass is 10.1. The third kappa shape index (κ3) is 3.25. The maximum atomic E-state index is 13.6. The maximum Gasteiger partial charge on any atom is 0.338 e. The van der Waals surface area contributed by atoms with Gasteiger partial charge in [0.05, 0.1) is 4.92 Å². The quantitative estimate of drug-likeness (QED) is 0.553. The SMILES string of the molecule is O=C1CCC(CNc2cc(F)c(C(=O)O)cc2[N+](=O)[O-])N1. The first-order valence-electron chi connectivity index (χ1n) is 6.13. The Hall–Kier alpha value is -2.71. The molecule has 0 radical (unpaired) electrons. The van der Waals surface area contributed by atoms with E-state index in [0.29, 0.717) is 18.9 Å². The third-order valence-corrected chi connectivity index (χ3v) is 3.14. The summed E-state index contributed by atoms with van der Waals surface area (Å²) in [5.74, 6) is -2.75. The van der Waals surface area contributed by atoms with Gasteiger partial charge in [-0.2, -0.15) is 0 Å². The molecule has 1 fully saturated rings. The first-order chi connectivity index (χ1) is 9.88. The van der Waals surface area contributed by atoms with E-state index >= 15 is 0 Å². The van der Waals surface area contributed by atoms with Crippen LogP contribution in [-0.2, 0) is 4.79 Å². The van der Waals surface area contributed by atoms with Crippen molar-refractivity contribution in [2.45, 2.75) is 18.9 Å². The number of carbonyl (C=O) groups excluding carboxylic acids is 1. The summed E-state index contributed by atoms with van der Waals surface area (Å²) in [5, 5.41) is 25.0. The lowest BCUT2D eigenvalue weighted by Gasteiger charge is -2.13. The highest BCUT2D eigenvalue weighted by Crippen LogP contribution is 2.28. The summed E-state index contributed by atoms with van der Waals surface area (Å²) in [6, 6.07) is 1.25. The molecule has 1 aromatic carbocycles. The van der Waals surface area contributed by atoms with E-state index in [1.165, 1.54) is 0 Å². The number of hydrogen-bond donors (Lipinski definition) is 3. The molecule has 1 aliphatic heterocycles. The van der Waals surface area contributed by atoms with Gasteiger partial charge in [-0.25, -0.2) is 9.18 Å². The van der Waals surface area contributed by atoms with E-state index in [1.807, 2.05) is 0 Å². The zero-order valence-corrected chi connectivity index (χ0v) is 10.8. The van der Waals surface area contributed by atoms with Crippen LogP contribution in [0.25, 0.3) is 0 Å². The van der Waals surface area contributed by atoms with Crippen LogP contribution in [0.5, 0.6) is 0 Å². The fourth-order valence-electron chi connectivity index (χ4n) is 2.08. The minimum absolute atomic E-state index is 0.108. The second-order valence-corrected chi connectivity index (χ2v) is 4.60. The van der Waals surface area contributed by atoms with E-state index in [2.05, 4.69) is 10.6 Å². The van der Waals surface area contributed by atoms with Crippen LogP contribution in [0, 0.1) is 15.9 Å². The molecular formula is C12H12FN3O5. The number of carboxylic acids is 1. The van der Waals surface area contributed by atoms with E-state index in [0.717, 1.165) is 6.07 Å². The van der Waals surface area contributed by atoms with Crippen molar-refractivity contribution >= 4 is 23.3 Å². The lowest BCUT2D eigenvalue weighted by Crippen LogP contribution is -2.32. The fraction of sp³-hybridized carbons (Fsp3) is 0.333. The molecular weight excluding hydrogens is 285 g/mol. The van der Waals surface area contributed by atoms with Crippen LogP contribution in [0.15, 0.2) is 12.1 Å². The molecule has 1 saturated heterocycles. The van der Waals surface area contributed by atoms with Gasteiger partial charge in [0, 0.05) is 31.1 Å². The number of carbonyl (C=O) groups is 2. The molecule has 1 aliphatic rings. The number of halogens is 1. The van der Waals surface area contributed by atoms with Crippen LogP contribution < -0.4 is 10.6 Å². The smallest absolute Gasteiger partial charge is 0.338 e. The summed E-state index contributed by atoms with van der Waals surface area (Å²) in [4.78, 5) is 32.0.